The molecule has 0 atom stereocenters. The van der Waals surface area contributed by atoms with E-state index in [1.807, 2.05) is 13.8 Å². The maximum atomic E-state index is 13.5. The number of rotatable bonds is 1. The van der Waals surface area contributed by atoms with Crippen molar-refractivity contribution in [3.05, 3.63) is 47.3 Å². The summed E-state index contributed by atoms with van der Waals surface area (Å²) >= 11 is 0. The number of nitrogens with two attached hydrogens (primary N) is 1. The number of hydrogen-bond donors (Lipinski definition) is 1. The van der Waals surface area contributed by atoms with Gasteiger partial charge in [-0.25, -0.2) is 18.3 Å². The third-order valence-electron chi connectivity index (χ3n) is 3.10. The standard InChI is InChI=1S/C14H12F2N4/c1-7-3-12(19-20-6-8(2)18-14(7)20)9-4-10(15)13(17)11(16)5-9/h3-6H,17H2,1-2H3. The highest BCUT2D eigenvalue weighted by Gasteiger charge is 2.12. The Kier molecular flexibility index (Phi) is 2.67. The van der Waals surface area contributed by atoms with Crippen LogP contribution in [0, 0.1) is 25.5 Å². The Morgan fingerprint density at radius 2 is 1.75 bits per heavy atom. The number of nitrogens with zero attached hydrogens (tertiary/aromatic N) is 3. The lowest BCUT2D eigenvalue weighted by Crippen LogP contribution is -1.99. The fourth-order valence-corrected chi connectivity index (χ4v) is 2.12. The maximum absolute atomic E-state index is 13.5. The Morgan fingerprint density at radius 1 is 1.10 bits per heavy atom. The maximum Gasteiger partial charge on any atom is 0.156 e. The van der Waals surface area contributed by atoms with Crippen LogP contribution in [0.2, 0.25) is 0 Å². The molecule has 0 aliphatic rings. The number of fused-ring (bicyclic) bond motifs is 1. The van der Waals surface area contributed by atoms with Gasteiger partial charge in [0.15, 0.2) is 5.65 Å². The third kappa shape index (κ3) is 1.89. The fourth-order valence-electron chi connectivity index (χ4n) is 2.12. The van der Waals surface area contributed by atoms with Crippen LogP contribution in [0.25, 0.3) is 16.9 Å². The van der Waals surface area contributed by atoms with Crippen molar-refractivity contribution >= 4 is 11.3 Å². The molecule has 20 heavy (non-hydrogen) atoms. The number of nitrogen functional groups attached to an aromatic ring is 1. The van der Waals surface area contributed by atoms with Crippen molar-refractivity contribution in [2.75, 3.05) is 5.73 Å². The number of imidazole rings is 1. The highest BCUT2D eigenvalue weighted by molar-refractivity contribution is 5.65. The smallest absolute Gasteiger partial charge is 0.156 e. The topological polar surface area (TPSA) is 56.2 Å². The first-order chi connectivity index (χ1) is 9.45. The molecule has 4 nitrogen and oxygen atoms in total. The quantitative estimate of drug-likeness (QED) is 0.694. The Bertz CT molecular complexity index is 800. The third-order valence-corrected chi connectivity index (χ3v) is 3.10. The zero-order valence-electron chi connectivity index (χ0n) is 11.0. The van der Waals surface area contributed by atoms with E-state index in [2.05, 4.69) is 10.1 Å². The van der Waals surface area contributed by atoms with Crippen LogP contribution in [0.15, 0.2) is 24.4 Å². The van der Waals surface area contributed by atoms with Gasteiger partial charge in [0.2, 0.25) is 0 Å². The molecule has 2 heterocycles. The molecule has 3 aromatic rings. The Morgan fingerprint density at radius 3 is 2.40 bits per heavy atom. The van der Waals surface area contributed by atoms with E-state index in [0.29, 0.717) is 11.3 Å². The van der Waals surface area contributed by atoms with Gasteiger partial charge in [0, 0.05) is 5.56 Å². The van der Waals surface area contributed by atoms with Crippen LogP contribution in [-0.2, 0) is 0 Å². The van der Waals surface area contributed by atoms with Gasteiger partial charge in [0.25, 0.3) is 0 Å². The normalized spacial score (nSPS) is 11.2. The minimum absolute atomic E-state index is 0.338. The Labute approximate surface area is 113 Å². The van der Waals surface area contributed by atoms with E-state index in [1.54, 1.807) is 16.8 Å². The summed E-state index contributed by atoms with van der Waals surface area (Å²) in [4.78, 5) is 4.33. The minimum Gasteiger partial charge on any atom is -0.394 e. The lowest BCUT2D eigenvalue weighted by molar-refractivity contribution is 0.592. The van der Waals surface area contributed by atoms with Crippen LogP contribution < -0.4 is 5.73 Å². The molecule has 2 N–H and O–H groups in total. The molecule has 0 radical (unpaired) electrons. The van der Waals surface area contributed by atoms with Crippen molar-refractivity contribution in [1.82, 2.24) is 14.6 Å². The van der Waals surface area contributed by atoms with Gasteiger partial charge in [0.05, 0.1) is 17.6 Å². The van der Waals surface area contributed by atoms with Gasteiger partial charge < -0.3 is 5.73 Å². The van der Waals surface area contributed by atoms with Crippen LogP contribution in [0.3, 0.4) is 0 Å². The Balaban J connectivity index is 2.24. The molecule has 0 bridgehead atoms. The highest BCUT2D eigenvalue weighted by atomic mass is 19.1. The molecule has 0 aliphatic heterocycles. The van der Waals surface area contributed by atoms with E-state index in [-0.39, 0.29) is 0 Å². The van der Waals surface area contributed by atoms with E-state index in [0.717, 1.165) is 16.9 Å². The zero-order valence-corrected chi connectivity index (χ0v) is 11.0. The van der Waals surface area contributed by atoms with Crippen molar-refractivity contribution in [3.63, 3.8) is 0 Å². The SMILES string of the molecule is Cc1cn2nc(-c3cc(F)c(N)c(F)c3)cc(C)c2n1. The molecule has 0 unspecified atom stereocenters. The van der Waals surface area contributed by atoms with Gasteiger partial charge >= 0.3 is 0 Å². The number of halogens is 2. The first kappa shape index (κ1) is 12.5. The van der Waals surface area contributed by atoms with Crippen LogP contribution >= 0.6 is 0 Å². The molecule has 0 amide bonds. The van der Waals surface area contributed by atoms with Crippen molar-refractivity contribution in [2.24, 2.45) is 0 Å². The van der Waals surface area contributed by atoms with Crippen LogP contribution in [0.5, 0.6) is 0 Å². The molecule has 0 fully saturated rings. The summed E-state index contributed by atoms with van der Waals surface area (Å²) in [5.41, 5.74) is 8.01. The van der Waals surface area contributed by atoms with Crippen molar-refractivity contribution in [1.29, 1.82) is 0 Å². The predicted molar refractivity (Wildman–Crippen MR) is 72.2 cm³/mol. The second-order valence-corrected chi connectivity index (χ2v) is 4.72. The predicted octanol–water partition coefficient (Wildman–Crippen LogP) is 2.87. The molecular weight excluding hydrogens is 262 g/mol. The monoisotopic (exact) mass is 274 g/mol. The second kappa shape index (κ2) is 4.26. The minimum atomic E-state index is -0.790. The first-order valence-electron chi connectivity index (χ1n) is 6.04. The largest absolute Gasteiger partial charge is 0.394 e. The van der Waals surface area contributed by atoms with Gasteiger partial charge in [-0.05, 0) is 37.6 Å². The van der Waals surface area contributed by atoms with E-state index >= 15 is 0 Å². The molecule has 0 saturated heterocycles. The van der Waals surface area contributed by atoms with Gasteiger partial charge in [0.1, 0.15) is 17.3 Å². The van der Waals surface area contributed by atoms with Crippen molar-refractivity contribution in [2.45, 2.75) is 13.8 Å². The summed E-state index contributed by atoms with van der Waals surface area (Å²) in [6, 6.07) is 4.10. The first-order valence-corrected chi connectivity index (χ1v) is 6.04. The summed E-state index contributed by atoms with van der Waals surface area (Å²) in [6.45, 7) is 3.73. The van der Waals surface area contributed by atoms with E-state index in [1.165, 1.54) is 12.1 Å². The molecule has 0 saturated carbocycles. The lowest BCUT2D eigenvalue weighted by atomic mass is 10.1. The van der Waals surface area contributed by atoms with Crippen molar-refractivity contribution in [3.8, 4) is 11.3 Å². The van der Waals surface area contributed by atoms with E-state index < -0.39 is 17.3 Å². The van der Waals surface area contributed by atoms with Gasteiger partial charge in [-0.3, -0.25) is 0 Å². The molecular formula is C14H12F2N4. The lowest BCUT2D eigenvalue weighted by Gasteiger charge is -2.06. The number of aryl methyl sites for hydroxylation is 2. The number of aromatic nitrogens is 3. The van der Waals surface area contributed by atoms with Gasteiger partial charge in [-0.2, -0.15) is 5.10 Å². The molecule has 6 heteroatoms. The number of anilines is 1. The van der Waals surface area contributed by atoms with Crippen LogP contribution in [0.4, 0.5) is 14.5 Å². The summed E-state index contributed by atoms with van der Waals surface area (Å²) in [7, 11) is 0. The summed E-state index contributed by atoms with van der Waals surface area (Å²) in [5.74, 6) is -1.58. The summed E-state index contributed by atoms with van der Waals surface area (Å²) in [6.07, 6.45) is 1.76. The summed E-state index contributed by atoms with van der Waals surface area (Å²) in [5, 5.41) is 4.32. The van der Waals surface area contributed by atoms with E-state index in [4.69, 9.17) is 5.73 Å². The number of benzene rings is 1. The Hall–Kier alpha value is -2.50. The molecule has 102 valence electrons. The van der Waals surface area contributed by atoms with Crippen LogP contribution in [-0.4, -0.2) is 14.6 Å². The summed E-state index contributed by atoms with van der Waals surface area (Å²) < 4.78 is 28.7. The molecule has 0 spiro atoms. The number of hydrogen-bond acceptors (Lipinski definition) is 3. The molecule has 0 aliphatic carbocycles. The molecule has 1 aromatic carbocycles. The van der Waals surface area contributed by atoms with Gasteiger partial charge in [-0.1, -0.05) is 0 Å². The van der Waals surface area contributed by atoms with E-state index in [9.17, 15) is 8.78 Å². The molecule has 2 aromatic heterocycles. The van der Waals surface area contributed by atoms with Gasteiger partial charge in [-0.15, -0.1) is 0 Å². The average molecular weight is 274 g/mol. The van der Waals surface area contributed by atoms with Crippen LogP contribution in [0.1, 0.15) is 11.3 Å². The average Bonchev–Trinajstić information content (AvgIpc) is 2.76. The van der Waals surface area contributed by atoms with Crippen molar-refractivity contribution < 1.29 is 8.78 Å². The molecule has 3 rings (SSSR count). The zero-order chi connectivity index (χ0) is 14.4. The second-order valence-electron chi connectivity index (χ2n) is 4.72. The fraction of sp³-hybridized carbons (Fsp3) is 0.143. The highest BCUT2D eigenvalue weighted by Crippen LogP contribution is 2.25.